The molecule has 3 atom stereocenters. The number of pyridine rings is 2. The molecule has 3 N–H and O–H groups in total. The number of nitriles is 1. The van der Waals surface area contributed by atoms with Crippen molar-refractivity contribution in [2.75, 3.05) is 5.32 Å². The van der Waals surface area contributed by atoms with Crippen molar-refractivity contribution in [3.05, 3.63) is 59.2 Å². The van der Waals surface area contributed by atoms with Crippen LogP contribution in [0.25, 0.3) is 10.9 Å². The Kier molecular flexibility index (Phi) is 4.65. The topological polar surface area (TPSA) is 109 Å². The molecule has 3 heterocycles. The van der Waals surface area contributed by atoms with E-state index in [1.54, 1.807) is 6.92 Å². The van der Waals surface area contributed by atoms with E-state index >= 15 is 0 Å². The Morgan fingerprint density at radius 3 is 2.65 bits per heavy atom. The minimum Gasteiger partial charge on any atom is -0.459 e. The maximum absolute atomic E-state index is 14.9. The van der Waals surface area contributed by atoms with Crippen LogP contribution in [0.4, 0.5) is 33.5 Å². The van der Waals surface area contributed by atoms with Gasteiger partial charge < -0.3 is 15.8 Å². The van der Waals surface area contributed by atoms with E-state index in [0.717, 1.165) is 18.3 Å². The van der Waals surface area contributed by atoms with Crippen LogP contribution < -0.4 is 11.1 Å². The Balaban J connectivity index is 1.64. The average molecular weight is 474 g/mol. The lowest BCUT2D eigenvalue weighted by Crippen LogP contribution is -2.46. The molecule has 7 nitrogen and oxygen atoms in total. The van der Waals surface area contributed by atoms with Crippen molar-refractivity contribution in [2.45, 2.75) is 30.9 Å². The van der Waals surface area contributed by atoms with E-state index in [0.29, 0.717) is 0 Å². The first-order valence-electron chi connectivity index (χ1n) is 10.0. The van der Waals surface area contributed by atoms with Gasteiger partial charge in [-0.05, 0) is 25.5 Å². The van der Waals surface area contributed by atoms with Crippen LogP contribution in [0.2, 0.25) is 0 Å². The van der Waals surface area contributed by atoms with Gasteiger partial charge in [0.15, 0.2) is 28.8 Å². The number of hydrogen-bond donors (Lipinski definition) is 2. The summed E-state index contributed by atoms with van der Waals surface area (Å²) in [7, 11) is 0. The third-order valence-corrected chi connectivity index (χ3v) is 6.21. The van der Waals surface area contributed by atoms with E-state index in [1.165, 1.54) is 12.3 Å². The van der Waals surface area contributed by atoms with Gasteiger partial charge in [-0.2, -0.15) is 5.26 Å². The highest BCUT2D eigenvalue weighted by Crippen LogP contribution is 2.62. The summed E-state index contributed by atoms with van der Waals surface area (Å²) >= 11 is 0. The molecule has 2 aliphatic rings. The molecule has 3 aromatic rings. The summed E-state index contributed by atoms with van der Waals surface area (Å²) in [5.74, 6) is -4.66. The van der Waals surface area contributed by atoms with Crippen molar-refractivity contribution in [3.63, 3.8) is 0 Å². The second kappa shape index (κ2) is 7.24. The molecule has 0 saturated heterocycles. The van der Waals surface area contributed by atoms with Gasteiger partial charge in [0.2, 0.25) is 0 Å². The Morgan fingerprint density at radius 1 is 1.18 bits per heavy atom. The molecule has 1 aromatic carbocycles. The molecule has 1 aliphatic heterocycles. The second-order valence-electron chi connectivity index (χ2n) is 8.38. The van der Waals surface area contributed by atoms with Gasteiger partial charge in [-0.25, -0.2) is 31.9 Å². The van der Waals surface area contributed by atoms with Gasteiger partial charge in [-0.3, -0.25) is 4.98 Å². The Morgan fingerprint density at radius 2 is 1.94 bits per heavy atom. The SMILES string of the molecule is C[C@@]12C[C@@H]1[C@@](c1cc(Nc3ncc(F)c4cc(C#N)cnc34)cc(F)c1F)(C(F)F)N=C(N)O2. The zero-order valence-electron chi connectivity index (χ0n) is 17.4. The second-order valence-corrected chi connectivity index (χ2v) is 8.38. The molecule has 0 unspecified atom stereocenters. The highest BCUT2D eigenvalue weighted by Gasteiger charge is 2.71. The predicted molar refractivity (Wildman–Crippen MR) is 111 cm³/mol. The summed E-state index contributed by atoms with van der Waals surface area (Å²) in [4.78, 5) is 11.7. The van der Waals surface area contributed by atoms with Gasteiger partial charge in [0.1, 0.15) is 17.2 Å². The minimum absolute atomic E-state index is 0.00282. The van der Waals surface area contributed by atoms with Crippen molar-refractivity contribution < 1.29 is 26.7 Å². The molecule has 174 valence electrons. The Hall–Kier alpha value is -4.01. The van der Waals surface area contributed by atoms with Crippen LogP contribution in [0.5, 0.6) is 0 Å². The predicted octanol–water partition coefficient (Wildman–Crippen LogP) is 4.25. The smallest absolute Gasteiger partial charge is 0.283 e. The molecule has 0 bridgehead atoms. The van der Waals surface area contributed by atoms with E-state index in [4.69, 9.17) is 15.7 Å². The molecule has 0 amide bonds. The number of ether oxygens (including phenoxy) is 1. The standard InChI is InChI=1S/C22H15F5N6O/c1-21-5-15(21)22(19(26)27,33-20(29)34-21)12-3-10(4-13(23)16(12)25)32-18-17-11(14(24)8-31-18)2-9(6-28)7-30-17/h2-4,7-8,15,19H,5H2,1H3,(H2,29,33)(H,31,32)/t15-,21+,22-/m0/s1. The number of anilines is 2. The van der Waals surface area contributed by atoms with Crippen LogP contribution in [0.3, 0.4) is 0 Å². The van der Waals surface area contributed by atoms with E-state index in [-0.39, 0.29) is 34.4 Å². The number of aliphatic imine (C=N–C) groups is 1. The van der Waals surface area contributed by atoms with Crippen LogP contribution in [0, 0.1) is 34.7 Å². The lowest BCUT2D eigenvalue weighted by atomic mass is 9.83. The maximum atomic E-state index is 14.9. The number of benzene rings is 1. The molecular weight excluding hydrogens is 459 g/mol. The fourth-order valence-corrected chi connectivity index (χ4v) is 4.50. The first-order valence-corrected chi connectivity index (χ1v) is 10.0. The molecule has 0 radical (unpaired) electrons. The van der Waals surface area contributed by atoms with Gasteiger partial charge in [-0.15, -0.1) is 0 Å². The summed E-state index contributed by atoms with van der Waals surface area (Å²) in [6, 6.07) is 4.28. The van der Waals surface area contributed by atoms with Gasteiger partial charge in [0, 0.05) is 34.8 Å². The molecule has 5 rings (SSSR count). The van der Waals surface area contributed by atoms with E-state index in [2.05, 4.69) is 20.3 Å². The van der Waals surface area contributed by atoms with Gasteiger partial charge >= 0.3 is 0 Å². The van der Waals surface area contributed by atoms with E-state index < -0.39 is 52.5 Å². The summed E-state index contributed by atoms with van der Waals surface area (Å²) in [6.45, 7) is 1.54. The minimum atomic E-state index is -3.22. The number of hydrogen-bond acceptors (Lipinski definition) is 7. The fraction of sp³-hybridized carbons (Fsp3) is 0.273. The van der Waals surface area contributed by atoms with Crippen LogP contribution in [-0.4, -0.2) is 28.0 Å². The highest BCUT2D eigenvalue weighted by molar-refractivity contribution is 5.90. The molecule has 1 fully saturated rings. The number of nitrogens with two attached hydrogens (primary N) is 1. The molecular formula is C22H15F5N6O. The van der Waals surface area contributed by atoms with Crippen molar-refractivity contribution in [1.29, 1.82) is 5.26 Å². The third kappa shape index (κ3) is 3.11. The molecule has 34 heavy (non-hydrogen) atoms. The first-order chi connectivity index (χ1) is 16.1. The molecule has 1 aliphatic carbocycles. The van der Waals surface area contributed by atoms with Crippen LogP contribution in [0.15, 0.2) is 35.6 Å². The lowest BCUT2D eigenvalue weighted by Gasteiger charge is -2.35. The molecule has 2 aromatic heterocycles. The molecule has 0 spiro atoms. The lowest BCUT2D eigenvalue weighted by molar-refractivity contribution is -0.000123. The van der Waals surface area contributed by atoms with Crippen molar-refractivity contribution in [3.8, 4) is 6.07 Å². The summed E-state index contributed by atoms with van der Waals surface area (Å²) in [6.07, 6.45) is -1.06. The quantitative estimate of drug-likeness (QED) is 0.548. The molecule has 1 saturated carbocycles. The van der Waals surface area contributed by atoms with E-state index in [9.17, 15) is 22.0 Å². The fourth-order valence-electron chi connectivity index (χ4n) is 4.50. The zero-order valence-corrected chi connectivity index (χ0v) is 17.4. The summed E-state index contributed by atoms with van der Waals surface area (Å²) in [5, 5.41) is 11.7. The number of amidine groups is 1. The normalized spacial score (nSPS) is 25.4. The van der Waals surface area contributed by atoms with Crippen molar-refractivity contribution in [2.24, 2.45) is 16.6 Å². The number of rotatable bonds is 4. The zero-order chi connectivity index (χ0) is 24.4. The van der Waals surface area contributed by atoms with Crippen molar-refractivity contribution >= 4 is 28.4 Å². The number of alkyl halides is 2. The van der Waals surface area contributed by atoms with Crippen LogP contribution in [0.1, 0.15) is 24.5 Å². The number of aromatic nitrogens is 2. The van der Waals surface area contributed by atoms with Gasteiger partial charge in [0.25, 0.3) is 12.4 Å². The molecule has 12 heteroatoms. The summed E-state index contributed by atoms with van der Waals surface area (Å²) < 4.78 is 78.1. The number of nitrogens with one attached hydrogen (secondary N) is 1. The maximum Gasteiger partial charge on any atom is 0.283 e. The van der Waals surface area contributed by atoms with Crippen LogP contribution >= 0.6 is 0 Å². The summed E-state index contributed by atoms with van der Waals surface area (Å²) in [5.41, 5.74) is 1.33. The largest absolute Gasteiger partial charge is 0.459 e. The van der Waals surface area contributed by atoms with E-state index in [1.807, 2.05) is 6.07 Å². The van der Waals surface area contributed by atoms with Gasteiger partial charge in [0.05, 0.1) is 11.8 Å². The third-order valence-electron chi connectivity index (χ3n) is 6.21. The highest BCUT2D eigenvalue weighted by atomic mass is 19.3. The number of nitrogens with zero attached hydrogens (tertiary/aromatic N) is 4. The van der Waals surface area contributed by atoms with Gasteiger partial charge in [-0.1, -0.05) is 0 Å². The monoisotopic (exact) mass is 474 g/mol. The Labute approximate surface area is 189 Å². The van der Waals surface area contributed by atoms with Crippen molar-refractivity contribution in [1.82, 2.24) is 9.97 Å². The number of halogens is 5. The first kappa shape index (κ1) is 21.8. The number of fused-ring (bicyclic) bond motifs is 2. The average Bonchev–Trinajstić information content (AvgIpc) is 3.48. The van der Waals surface area contributed by atoms with Crippen LogP contribution in [-0.2, 0) is 10.3 Å². The Bertz CT molecular complexity index is 1420.